The van der Waals surface area contributed by atoms with Crippen molar-refractivity contribution < 1.29 is 8.42 Å². The van der Waals surface area contributed by atoms with Gasteiger partial charge in [-0.25, -0.2) is 12.7 Å². The molecule has 0 radical (unpaired) electrons. The van der Waals surface area contributed by atoms with Gasteiger partial charge < -0.3 is 0 Å². The Morgan fingerprint density at radius 1 is 1.25 bits per heavy atom. The molecular formula is C11H24ClNO2S. The van der Waals surface area contributed by atoms with E-state index >= 15 is 0 Å². The molecule has 0 amide bonds. The predicted octanol–water partition coefficient (Wildman–Crippen LogP) is 2.70. The quantitative estimate of drug-likeness (QED) is 0.477. The SMILES string of the molecule is CCC(C)CN(CC)S(=O)(=O)CCCCCl. The maximum Gasteiger partial charge on any atom is 0.214 e. The Labute approximate surface area is 105 Å². The van der Waals surface area contributed by atoms with Gasteiger partial charge in [0.15, 0.2) is 0 Å². The summed E-state index contributed by atoms with van der Waals surface area (Å²) in [5, 5.41) is 0. The number of nitrogens with zero attached hydrogens (tertiary/aromatic N) is 1. The Morgan fingerprint density at radius 2 is 1.88 bits per heavy atom. The van der Waals surface area contributed by atoms with E-state index in [4.69, 9.17) is 11.6 Å². The van der Waals surface area contributed by atoms with Crippen LogP contribution in [0, 0.1) is 5.92 Å². The minimum absolute atomic E-state index is 0.226. The van der Waals surface area contributed by atoms with Gasteiger partial charge in [0.25, 0.3) is 0 Å². The summed E-state index contributed by atoms with van der Waals surface area (Å²) in [6, 6.07) is 0. The molecule has 0 saturated carbocycles. The second-order valence-electron chi connectivity index (χ2n) is 4.18. The molecule has 0 aliphatic heterocycles. The first-order chi connectivity index (χ1) is 7.47. The number of hydrogen-bond donors (Lipinski definition) is 0. The van der Waals surface area contributed by atoms with Crippen molar-refractivity contribution in [3.05, 3.63) is 0 Å². The maximum absolute atomic E-state index is 12.0. The molecule has 0 aliphatic carbocycles. The molecule has 0 aromatic heterocycles. The van der Waals surface area contributed by atoms with E-state index in [9.17, 15) is 8.42 Å². The molecule has 0 N–H and O–H groups in total. The molecule has 0 aromatic carbocycles. The molecule has 0 spiro atoms. The summed E-state index contributed by atoms with van der Waals surface area (Å²) in [5.74, 6) is 1.18. The molecular weight excluding hydrogens is 246 g/mol. The molecule has 0 saturated heterocycles. The normalized spacial score (nSPS) is 14.3. The summed E-state index contributed by atoms with van der Waals surface area (Å²) < 4.78 is 25.5. The first kappa shape index (κ1) is 16.2. The van der Waals surface area contributed by atoms with Crippen molar-refractivity contribution in [3.63, 3.8) is 0 Å². The Balaban J connectivity index is 4.31. The van der Waals surface area contributed by atoms with E-state index in [0.717, 1.165) is 12.8 Å². The van der Waals surface area contributed by atoms with E-state index in [1.807, 2.05) is 6.92 Å². The lowest BCUT2D eigenvalue weighted by Crippen LogP contribution is -2.36. The van der Waals surface area contributed by atoms with Crippen molar-refractivity contribution in [1.82, 2.24) is 4.31 Å². The zero-order valence-electron chi connectivity index (χ0n) is 10.6. The van der Waals surface area contributed by atoms with Crippen molar-refractivity contribution in [3.8, 4) is 0 Å². The first-order valence-electron chi connectivity index (χ1n) is 6.01. The van der Waals surface area contributed by atoms with Crippen LogP contribution >= 0.6 is 11.6 Å². The highest BCUT2D eigenvalue weighted by Gasteiger charge is 2.21. The zero-order chi connectivity index (χ0) is 12.6. The van der Waals surface area contributed by atoms with Gasteiger partial charge in [-0.05, 0) is 18.8 Å². The molecule has 98 valence electrons. The second kappa shape index (κ2) is 8.31. The van der Waals surface area contributed by atoms with Crippen molar-refractivity contribution in [2.45, 2.75) is 40.0 Å². The lowest BCUT2D eigenvalue weighted by atomic mass is 10.1. The van der Waals surface area contributed by atoms with Gasteiger partial charge in [0.05, 0.1) is 5.75 Å². The van der Waals surface area contributed by atoms with Gasteiger partial charge in [-0.1, -0.05) is 27.2 Å². The molecule has 0 bridgehead atoms. The third-order valence-corrected chi connectivity index (χ3v) is 5.01. The van der Waals surface area contributed by atoms with Crippen LogP contribution in [0.4, 0.5) is 0 Å². The fourth-order valence-electron chi connectivity index (χ4n) is 1.42. The van der Waals surface area contributed by atoms with Crippen LogP contribution in [0.3, 0.4) is 0 Å². The molecule has 16 heavy (non-hydrogen) atoms. The summed E-state index contributed by atoms with van der Waals surface area (Å²) >= 11 is 5.54. The molecule has 0 aliphatic rings. The van der Waals surface area contributed by atoms with Gasteiger partial charge in [-0.15, -0.1) is 11.6 Å². The van der Waals surface area contributed by atoms with Crippen LogP contribution in [-0.2, 0) is 10.0 Å². The van der Waals surface area contributed by atoms with Crippen molar-refractivity contribution in [2.75, 3.05) is 24.7 Å². The summed E-state index contributed by atoms with van der Waals surface area (Å²) in [7, 11) is -3.08. The minimum Gasteiger partial charge on any atom is -0.212 e. The summed E-state index contributed by atoms with van der Waals surface area (Å²) in [6.07, 6.45) is 2.43. The van der Waals surface area contributed by atoms with Gasteiger partial charge >= 0.3 is 0 Å². The van der Waals surface area contributed by atoms with E-state index in [0.29, 0.717) is 31.3 Å². The van der Waals surface area contributed by atoms with Gasteiger partial charge in [-0.3, -0.25) is 0 Å². The van der Waals surface area contributed by atoms with Gasteiger partial charge in [-0.2, -0.15) is 0 Å². The number of hydrogen-bond acceptors (Lipinski definition) is 2. The largest absolute Gasteiger partial charge is 0.214 e. The smallest absolute Gasteiger partial charge is 0.212 e. The minimum atomic E-state index is -3.08. The zero-order valence-corrected chi connectivity index (χ0v) is 12.1. The Kier molecular flexibility index (Phi) is 8.42. The third-order valence-electron chi connectivity index (χ3n) is 2.74. The van der Waals surface area contributed by atoms with Crippen molar-refractivity contribution >= 4 is 21.6 Å². The molecule has 1 atom stereocenters. The van der Waals surface area contributed by atoms with Crippen LogP contribution in [0.15, 0.2) is 0 Å². The monoisotopic (exact) mass is 269 g/mol. The van der Waals surface area contributed by atoms with Crippen LogP contribution in [0.2, 0.25) is 0 Å². The van der Waals surface area contributed by atoms with E-state index in [2.05, 4.69) is 13.8 Å². The highest BCUT2D eigenvalue weighted by atomic mass is 35.5. The maximum atomic E-state index is 12.0. The Morgan fingerprint density at radius 3 is 2.31 bits per heavy atom. The van der Waals surface area contributed by atoms with E-state index in [1.165, 1.54) is 0 Å². The molecule has 5 heteroatoms. The fourth-order valence-corrected chi connectivity index (χ4v) is 3.32. The molecule has 0 rings (SSSR count). The molecule has 0 fully saturated rings. The summed E-state index contributed by atoms with van der Waals surface area (Å²) in [6.45, 7) is 7.25. The molecule has 1 unspecified atom stereocenters. The average molecular weight is 270 g/mol. The van der Waals surface area contributed by atoms with Gasteiger partial charge in [0.2, 0.25) is 10.0 Å². The third kappa shape index (κ3) is 6.06. The summed E-state index contributed by atoms with van der Waals surface area (Å²) in [4.78, 5) is 0. The molecule has 0 heterocycles. The van der Waals surface area contributed by atoms with Crippen LogP contribution < -0.4 is 0 Å². The standard InChI is InChI=1S/C11H24ClNO2S/c1-4-11(3)10-13(5-2)16(14,15)9-7-6-8-12/h11H,4-10H2,1-3H3. The Bertz CT molecular complexity index is 267. The number of unbranched alkanes of at least 4 members (excludes halogenated alkanes) is 1. The molecule has 3 nitrogen and oxygen atoms in total. The number of halogens is 1. The first-order valence-corrected chi connectivity index (χ1v) is 8.16. The fraction of sp³-hybridized carbons (Fsp3) is 1.00. The second-order valence-corrected chi connectivity index (χ2v) is 6.64. The number of rotatable bonds is 9. The van der Waals surface area contributed by atoms with Gasteiger partial charge in [0, 0.05) is 19.0 Å². The highest BCUT2D eigenvalue weighted by molar-refractivity contribution is 7.89. The van der Waals surface area contributed by atoms with E-state index in [1.54, 1.807) is 4.31 Å². The number of sulfonamides is 1. The number of alkyl halides is 1. The average Bonchev–Trinajstić information content (AvgIpc) is 2.25. The Hall–Kier alpha value is 0.200. The summed E-state index contributed by atoms with van der Waals surface area (Å²) in [5.41, 5.74) is 0. The topological polar surface area (TPSA) is 37.4 Å². The van der Waals surface area contributed by atoms with Gasteiger partial charge in [0.1, 0.15) is 0 Å². The van der Waals surface area contributed by atoms with E-state index in [-0.39, 0.29) is 5.75 Å². The van der Waals surface area contributed by atoms with E-state index < -0.39 is 10.0 Å². The lowest BCUT2D eigenvalue weighted by Gasteiger charge is -2.23. The van der Waals surface area contributed by atoms with Crippen molar-refractivity contribution in [1.29, 1.82) is 0 Å². The predicted molar refractivity (Wildman–Crippen MR) is 70.4 cm³/mol. The lowest BCUT2D eigenvalue weighted by molar-refractivity contribution is 0.361. The van der Waals surface area contributed by atoms with Crippen LogP contribution in [0.5, 0.6) is 0 Å². The van der Waals surface area contributed by atoms with Crippen LogP contribution in [0.1, 0.15) is 40.0 Å². The highest BCUT2D eigenvalue weighted by Crippen LogP contribution is 2.10. The molecule has 0 aromatic rings. The van der Waals surface area contributed by atoms with Crippen LogP contribution in [0.25, 0.3) is 0 Å². The van der Waals surface area contributed by atoms with Crippen molar-refractivity contribution in [2.24, 2.45) is 5.92 Å². The van der Waals surface area contributed by atoms with Crippen LogP contribution in [-0.4, -0.2) is 37.4 Å².